The Morgan fingerprint density at radius 3 is 2.46 bits per heavy atom. The van der Waals surface area contributed by atoms with E-state index in [0.29, 0.717) is 0 Å². The number of para-hydroxylation sites is 1. The number of rotatable bonds is 7. The SMILES string of the molecule is CN=C(NCCCc1ccccc1)NCc1ccccc1N1CCOCC1.I. The third kappa shape index (κ3) is 6.98. The fourth-order valence-electron chi connectivity index (χ4n) is 3.32. The lowest BCUT2D eigenvalue weighted by atomic mass is 10.1. The Kier molecular flexibility index (Phi) is 10.1. The van der Waals surface area contributed by atoms with Crippen LogP contribution in [0.3, 0.4) is 0 Å². The van der Waals surface area contributed by atoms with Gasteiger partial charge in [-0.2, -0.15) is 0 Å². The van der Waals surface area contributed by atoms with E-state index in [1.807, 2.05) is 7.05 Å². The van der Waals surface area contributed by atoms with Gasteiger partial charge in [-0.1, -0.05) is 48.5 Å². The van der Waals surface area contributed by atoms with Crippen molar-refractivity contribution < 1.29 is 4.74 Å². The minimum absolute atomic E-state index is 0. The number of aliphatic imine (C=N–C) groups is 1. The van der Waals surface area contributed by atoms with Crippen LogP contribution in [-0.2, 0) is 17.7 Å². The monoisotopic (exact) mass is 494 g/mol. The van der Waals surface area contributed by atoms with Crippen LogP contribution < -0.4 is 15.5 Å². The highest BCUT2D eigenvalue weighted by atomic mass is 127. The number of halogens is 1. The summed E-state index contributed by atoms with van der Waals surface area (Å²) in [5.74, 6) is 0.847. The highest BCUT2D eigenvalue weighted by Crippen LogP contribution is 2.21. The summed E-state index contributed by atoms with van der Waals surface area (Å²) in [5, 5.41) is 6.86. The molecule has 0 atom stereocenters. The first kappa shape index (κ1) is 22.5. The third-order valence-electron chi connectivity index (χ3n) is 4.79. The molecule has 1 aliphatic rings. The van der Waals surface area contributed by atoms with Crippen molar-refractivity contribution >= 4 is 35.6 Å². The third-order valence-corrected chi connectivity index (χ3v) is 4.79. The number of nitrogens with zero attached hydrogens (tertiary/aromatic N) is 2. The molecule has 2 aromatic carbocycles. The lowest BCUT2D eigenvalue weighted by Crippen LogP contribution is -2.39. The van der Waals surface area contributed by atoms with Gasteiger partial charge >= 0.3 is 0 Å². The first-order valence-corrected chi connectivity index (χ1v) is 9.76. The van der Waals surface area contributed by atoms with E-state index < -0.39 is 0 Å². The van der Waals surface area contributed by atoms with Crippen LogP contribution in [0.15, 0.2) is 59.6 Å². The number of nitrogens with one attached hydrogen (secondary N) is 2. The van der Waals surface area contributed by atoms with Crippen molar-refractivity contribution in [2.24, 2.45) is 4.99 Å². The van der Waals surface area contributed by atoms with Crippen LogP contribution in [0.2, 0.25) is 0 Å². The summed E-state index contributed by atoms with van der Waals surface area (Å²) < 4.78 is 5.48. The van der Waals surface area contributed by atoms with Gasteiger partial charge in [0.15, 0.2) is 5.96 Å². The number of anilines is 1. The number of guanidine groups is 1. The average Bonchev–Trinajstić information content (AvgIpc) is 2.75. The first-order chi connectivity index (χ1) is 13.4. The molecule has 0 unspecified atom stereocenters. The van der Waals surface area contributed by atoms with Gasteiger partial charge in [0.05, 0.1) is 13.2 Å². The van der Waals surface area contributed by atoms with E-state index in [4.69, 9.17) is 4.74 Å². The molecule has 3 rings (SSSR count). The zero-order valence-corrected chi connectivity index (χ0v) is 18.9. The Labute approximate surface area is 185 Å². The summed E-state index contributed by atoms with van der Waals surface area (Å²) in [7, 11) is 1.82. The number of hydrogen-bond donors (Lipinski definition) is 2. The van der Waals surface area contributed by atoms with Gasteiger partial charge in [0.25, 0.3) is 0 Å². The topological polar surface area (TPSA) is 48.9 Å². The van der Waals surface area contributed by atoms with Crippen molar-refractivity contribution in [1.29, 1.82) is 0 Å². The van der Waals surface area contributed by atoms with E-state index in [2.05, 4.69) is 75.1 Å². The van der Waals surface area contributed by atoms with Gasteiger partial charge in [0, 0.05) is 38.9 Å². The zero-order chi connectivity index (χ0) is 18.7. The number of aryl methyl sites for hydroxylation is 1. The number of morpholine rings is 1. The molecule has 1 fully saturated rings. The normalized spacial score (nSPS) is 14.3. The molecule has 0 bridgehead atoms. The van der Waals surface area contributed by atoms with Crippen LogP contribution in [0.4, 0.5) is 5.69 Å². The van der Waals surface area contributed by atoms with Crippen LogP contribution in [0.25, 0.3) is 0 Å². The summed E-state index contributed by atoms with van der Waals surface area (Å²) in [4.78, 5) is 6.75. The molecule has 28 heavy (non-hydrogen) atoms. The molecule has 0 aliphatic carbocycles. The minimum atomic E-state index is 0. The number of benzene rings is 2. The number of ether oxygens (including phenoxy) is 1. The van der Waals surface area contributed by atoms with Crippen molar-refractivity contribution in [3.05, 3.63) is 65.7 Å². The van der Waals surface area contributed by atoms with Gasteiger partial charge in [-0.25, -0.2) is 0 Å². The molecule has 2 N–H and O–H groups in total. The Morgan fingerprint density at radius 1 is 1.00 bits per heavy atom. The fourth-order valence-corrected chi connectivity index (χ4v) is 3.32. The Bertz CT molecular complexity index is 717. The predicted molar refractivity (Wildman–Crippen MR) is 128 cm³/mol. The van der Waals surface area contributed by atoms with E-state index >= 15 is 0 Å². The molecule has 5 nitrogen and oxygen atoms in total. The molecule has 152 valence electrons. The summed E-state index contributed by atoms with van der Waals surface area (Å²) >= 11 is 0. The molecule has 1 saturated heterocycles. The van der Waals surface area contributed by atoms with Crippen LogP contribution >= 0.6 is 24.0 Å². The summed E-state index contributed by atoms with van der Waals surface area (Å²) in [5.41, 5.74) is 3.95. The van der Waals surface area contributed by atoms with Crippen molar-refractivity contribution in [2.45, 2.75) is 19.4 Å². The molecular formula is C22H31IN4O. The second-order valence-corrected chi connectivity index (χ2v) is 6.67. The van der Waals surface area contributed by atoms with Gasteiger partial charge in [-0.3, -0.25) is 4.99 Å². The summed E-state index contributed by atoms with van der Waals surface area (Å²) in [6.45, 7) is 5.15. The summed E-state index contributed by atoms with van der Waals surface area (Å²) in [6.07, 6.45) is 2.15. The lowest BCUT2D eigenvalue weighted by Gasteiger charge is -2.30. The van der Waals surface area contributed by atoms with Gasteiger partial charge < -0.3 is 20.3 Å². The molecule has 0 saturated carbocycles. The van der Waals surface area contributed by atoms with Crippen LogP contribution in [0, 0.1) is 0 Å². The van der Waals surface area contributed by atoms with Gasteiger partial charge in [0.2, 0.25) is 0 Å². The molecule has 0 aromatic heterocycles. The van der Waals surface area contributed by atoms with Crippen molar-refractivity contribution in [3.63, 3.8) is 0 Å². The molecule has 1 aliphatic heterocycles. The fraction of sp³-hybridized carbons (Fsp3) is 0.409. The lowest BCUT2D eigenvalue weighted by molar-refractivity contribution is 0.122. The number of hydrogen-bond acceptors (Lipinski definition) is 3. The maximum absolute atomic E-state index is 5.48. The maximum Gasteiger partial charge on any atom is 0.191 e. The maximum atomic E-state index is 5.48. The van der Waals surface area contributed by atoms with E-state index in [1.54, 1.807) is 0 Å². The van der Waals surface area contributed by atoms with E-state index in [0.717, 1.165) is 58.2 Å². The quantitative estimate of drug-likeness (QED) is 0.268. The molecule has 2 aromatic rings. The molecule has 0 amide bonds. The Balaban J connectivity index is 0.00000280. The van der Waals surface area contributed by atoms with Crippen LogP contribution in [-0.4, -0.2) is 45.9 Å². The van der Waals surface area contributed by atoms with Crippen molar-refractivity contribution in [2.75, 3.05) is 44.8 Å². The molecule has 0 radical (unpaired) electrons. The molecule has 0 spiro atoms. The Hall–Kier alpha value is -1.80. The summed E-state index contributed by atoms with van der Waals surface area (Å²) in [6, 6.07) is 19.2. The molecule has 1 heterocycles. The second-order valence-electron chi connectivity index (χ2n) is 6.67. The van der Waals surface area contributed by atoms with Crippen molar-refractivity contribution in [1.82, 2.24) is 10.6 Å². The predicted octanol–water partition coefficient (Wildman–Crippen LogP) is 3.44. The molecule has 6 heteroatoms. The zero-order valence-electron chi connectivity index (χ0n) is 16.6. The van der Waals surface area contributed by atoms with E-state index in [-0.39, 0.29) is 24.0 Å². The van der Waals surface area contributed by atoms with Crippen molar-refractivity contribution in [3.8, 4) is 0 Å². The second kappa shape index (κ2) is 12.6. The minimum Gasteiger partial charge on any atom is -0.378 e. The van der Waals surface area contributed by atoms with Crippen LogP contribution in [0.1, 0.15) is 17.5 Å². The average molecular weight is 494 g/mol. The standard InChI is InChI=1S/C22H30N4O.HI/c1-23-22(24-13-7-10-19-8-3-2-4-9-19)25-18-20-11-5-6-12-21(20)26-14-16-27-17-15-26;/h2-6,8-9,11-12H,7,10,13-18H2,1H3,(H2,23,24,25);1H. The van der Waals surface area contributed by atoms with Gasteiger partial charge in [0.1, 0.15) is 0 Å². The van der Waals surface area contributed by atoms with E-state index in [1.165, 1.54) is 16.8 Å². The highest BCUT2D eigenvalue weighted by molar-refractivity contribution is 14.0. The largest absolute Gasteiger partial charge is 0.378 e. The first-order valence-electron chi connectivity index (χ1n) is 9.76. The molecular weight excluding hydrogens is 463 g/mol. The Morgan fingerprint density at radius 2 is 1.71 bits per heavy atom. The van der Waals surface area contributed by atoms with Crippen LogP contribution in [0.5, 0.6) is 0 Å². The highest BCUT2D eigenvalue weighted by Gasteiger charge is 2.14. The van der Waals surface area contributed by atoms with E-state index in [9.17, 15) is 0 Å². The van der Waals surface area contributed by atoms with Gasteiger partial charge in [-0.15, -0.1) is 24.0 Å². The van der Waals surface area contributed by atoms with Gasteiger partial charge in [-0.05, 0) is 30.0 Å². The smallest absolute Gasteiger partial charge is 0.191 e.